The van der Waals surface area contributed by atoms with Gasteiger partial charge in [0.1, 0.15) is 5.84 Å². The van der Waals surface area contributed by atoms with Crippen LogP contribution in [-0.4, -0.2) is 17.3 Å². The first kappa shape index (κ1) is 17.4. The molecule has 0 aromatic heterocycles. The van der Waals surface area contributed by atoms with Gasteiger partial charge >= 0.3 is 0 Å². The molecule has 1 N–H and O–H groups in total. The second-order valence-corrected chi connectivity index (χ2v) is 9.27. The lowest BCUT2D eigenvalue weighted by Crippen LogP contribution is -2.44. The van der Waals surface area contributed by atoms with E-state index in [0.29, 0.717) is 6.54 Å². The summed E-state index contributed by atoms with van der Waals surface area (Å²) in [5.74, 6) is 3.56. The molecule has 0 radical (unpaired) electrons. The van der Waals surface area contributed by atoms with Gasteiger partial charge in [0.25, 0.3) is 0 Å². The van der Waals surface area contributed by atoms with Gasteiger partial charge in [0.2, 0.25) is 0 Å². The van der Waals surface area contributed by atoms with Crippen LogP contribution in [0, 0.1) is 5.41 Å². The van der Waals surface area contributed by atoms with E-state index in [4.69, 9.17) is 16.6 Å². The summed E-state index contributed by atoms with van der Waals surface area (Å²) in [6, 6.07) is 14.4. The summed E-state index contributed by atoms with van der Waals surface area (Å²) in [7, 11) is 0. The number of hydrogen-bond donors (Lipinski definition) is 1. The van der Waals surface area contributed by atoms with Crippen molar-refractivity contribution in [1.29, 1.82) is 0 Å². The molecular formula is C20H20BrClN2S. The lowest BCUT2D eigenvalue weighted by atomic mass is 9.73. The van der Waals surface area contributed by atoms with Crippen LogP contribution in [0.25, 0.3) is 0 Å². The Kier molecular flexibility index (Phi) is 5.12. The Morgan fingerprint density at radius 3 is 2.76 bits per heavy atom. The maximum absolute atomic E-state index is 6.12. The number of halogens is 2. The van der Waals surface area contributed by atoms with Crippen molar-refractivity contribution in [2.75, 3.05) is 16.8 Å². The summed E-state index contributed by atoms with van der Waals surface area (Å²) in [4.78, 5) is 5.02. The molecule has 4 rings (SSSR count). The summed E-state index contributed by atoms with van der Waals surface area (Å²) >= 11 is 11.9. The van der Waals surface area contributed by atoms with E-state index in [0.717, 1.165) is 22.8 Å². The van der Waals surface area contributed by atoms with Crippen LogP contribution in [0.3, 0.4) is 0 Å². The summed E-state index contributed by atoms with van der Waals surface area (Å²) in [5.41, 5.74) is 3.86. The van der Waals surface area contributed by atoms with Crippen LogP contribution >= 0.6 is 39.3 Å². The Labute approximate surface area is 166 Å². The molecule has 130 valence electrons. The smallest absolute Gasteiger partial charge is 0.108 e. The first-order valence-corrected chi connectivity index (χ1v) is 10.9. The molecule has 2 heterocycles. The van der Waals surface area contributed by atoms with Gasteiger partial charge in [-0.05, 0) is 66.2 Å². The lowest BCUT2D eigenvalue weighted by Gasteiger charge is -2.42. The number of benzene rings is 2. The summed E-state index contributed by atoms with van der Waals surface area (Å²) < 4.78 is 1.20. The summed E-state index contributed by atoms with van der Waals surface area (Å²) in [6.07, 6.45) is 3.42. The molecule has 0 unspecified atom stereocenters. The Morgan fingerprint density at radius 1 is 1.16 bits per heavy atom. The minimum Gasteiger partial charge on any atom is -0.343 e. The van der Waals surface area contributed by atoms with Crippen molar-refractivity contribution in [1.82, 2.24) is 0 Å². The average Bonchev–Trinajstić information content (AvgIpc) is 2.62. The van der Waals surface area contributed by atoms with Crippen LogP contribution in [0.4, 0.5) is 5.69 Å². The van der Waals surface area contributed by atoms with Crippen molar-refractivity contribution < 1.29 is 0 Å². The van der Waals surface area contributed by atoms with E-state index in [1.807, 2.05) is 18.2 Å². The van der Waals surface area contributed by atoms with Crippen molar-refractivity contribution in [3.8, 4) is 0 Å². The van der Waals surface area contributed by atoms with Crippen LogP contribution in [0.2, 0.25) is 5.02 Å². The number of amidine groups is 1. The van der Waals surface area contributed by atoms with Crippen molar-refractivity contribution in [2.45, 2.75) is 25.8 Å². The van der Waals surface area contributed by atoms with Crippen LogP contribution in [-0.2, 0) is 13.0 Å². The standard InChI is InChI=1S/C20H20BrClN2S/c21-17-5-2-6-18-16(17)12-20(7-9-25-10-8-20)19(24-18)23-13-14-3-1-4-15(22)11-14/h1-6,11H,7-10,12-13H2,(H,23,24). The van der Waals surface area contributed by atoms with E-state index in [2.05, 4.69) is 57.3 Å². The molecular weight excluding hydrogens is 416 g/mol. The predicted octanol–water partition coefficient (Wildman–Crippen LogP) is 6.18. The molecule has 0 atom stereocenters. The highest BCUT2D eigenvalue weighted by Gasteiger charge is 2.41. The van der Waals surface area contributed by atoms with E-state index in [1.165, 1.54) is 40.1 Å². The first-order valence-electron chi connectivity index (χ1n) is 8.58. The van der Waals surface area contributed by atoms with E-state index in [9.17, 15) is 0 Å². The van der Waals surface area contributed by atoms with Crippen molar-refractivity contribution in [3.63, 3.8) is 0 Å². The Bertz CT molecular complexity index is 815. The fraction of sp³-hybridized carbons (Fsp3) is 0.350. The van der Waals surface area contributed by atoms with Crippen molar-refractivity contribution in [3.05, 3.63) is 63.1 Å². The largest absolute Gasteiger partial charge is 0.343 e. The molecule has 2 nitrogen and oxygen atoms in total. The second-order valence-electron chi connectivity index (χ2n) is 6.76. The molecule has 0 saturated carbocycles. The van der Waals surface area contributed by atoms with Gasteiger partial charge in [0.15, 0.2) is 0 Å². The quantitative estimate of drug-likeness (QED) is 0.609. The third-order valence-corrected chi connectivity index (χ3v) is 7.11. The van der Waals surface area contributed by atoms with Gasteiger partial charge in [-0.1, -0.05) is 45.7 Å². The Hall–Kier alpha value is -0.970. The molecule has 1 fully saturated rings. The number of fused-ring (bicyclic) bond motifs is 1. The minimum atomic E-state index is 0.140. The van der Waals surface area contributed by atoms with E-state index < -0.39 is 0 Å². The highest BCUT2D eigenvalue weighted by Crippen LogP contribution is 2.45. The third-order valence-electron chi connectivity index (χ3n) is 5.15. The number of aliphatic imine (C=N–C) groups is 1. The topological polar surface area (TPSA) is 24.4 Å². The highest BCUT2D eigenvalue weighted by molar-refractivity contribution is 9.10. The van der Waals surface area contributed by atoms with Gasteiger partial charge in [-0.25, -0.2) is 0 Å². The predicted molar refractivity (Wildman–Crippen MR) is 113 cm³/mol. The Morgan fingerprint density at radius 2 is 1.96 bits per heavy atom. The number of nitrogens with zero attached hydrogens (tertiary/aromatic N) is 1. The molecule has 2 aliphatic rings. The molecule has 2 aromatic carbocycles. The molecule has 25 heavy (non-hydrogen) atoms. The lowest BCUT2D eigenvalue weighted by molar-refractivity contribution is 0.376. The minimum absolute atomic E-state index is 0.140. The van der Waals surface area contributed by atoms with Gasteiger partial charge in [0, 0.05) is 20.6 Å². The zero-order chi connectivity index (χ0) is 17.3. The van der Waals surface area contributed by atoms with Gasteiger partial charge < -0.3 is 5.32 Å². The van der Waals surface area contributed by atoms with Gasteiger partial charge in [-0.15, -0.1) is 0 Å². The van der Waals surface area contributed by atoms with E-state index >= 15 is 0 Å². The number of thioether (sulfide) groups is 1. The molecule has 1 spiro atoms. The van der Waals surface area contributed by atoms with Crippen LogP contribution in [0.15, 0.2) is 51.9 Å². The average molecular weight is 436 g/mol. The van der Waals surface area contributed by atoms with Crippen LogP contribution in [0.1, 0.15) is 24.0 Å². The highest BCUT2D eigenvalue weighted by atomic mass is 79.9. The number of nitrogens with one attached hydrogen (secondary N) is 1. The van der Waals surface area contributed by atoms with Crippen LogP contribution in [0.5, 0.6) is 0 Å². The zero-order valence-corrected chi connectivity index (χ0v) is 17.1. The molecule has 5 heteroatoms. The Balaban J connectivity index is 1.69. The number of hydrogen-bond acceptors (Lipinski definition) is 2. The fourth-order valence-electron chi connectivity index (χ4n) is 3.73. The van der Waals surface area contributed by atoms with Gasteiger partial charge in [0.05, 0.1) is 6.54 Å². The number of anilines is 1. The van der Waals surface area contributed by atoms with Crippen LogP contribution < -0.4 is 5.32 Å². The fourth-order valence-corrected chi connectivity index (χ4v) is 5.72. The number of rotatable bonds is 2. The maximum Gasteiger partial charge on any atom is 0.108 e. The molecule has 0 amide bonds. The van der Waals surface area contributed by atoms with Gasteiger partial charge in [-0.2, -0.15) is 11.8 Å². The monoisotopic (exact) mass is 434 g/mol. The van der Waals surface area contributed by atoms with Crippen molar-refractivity contribution >= 4 is 50.8 Å². The van der Waals surface area contributed by atoms with Gasteiger partial charge in [-0.3, -0.25) is 4.99 Å². The second kappa shape index (κ2) is 7.34. The van der Waals surface area contributed by atoms with E-state index in [1.54, 1.807) is 0 Å². The first-order chi connectivity index (χ1) is 12.2. The maximum atomic E-state index is 6.12. The van der Waals surface area contributed by atoms with E-state index in [-0.39, 0.29) is 5.41 Å². The summed E-state index contributed by atoms with van der Waals surface area (Å²) in [6.45, 7) is 0.668. The molecule has 0 aliphatic carbocycles. The molecule has 0 bridgehead atoms. The molecule has 2 aromatic rings. The molecule has 2 aliphatic heterocycles. The summed E-state index contributed by atoms with van der Waals surface area (Å²) in [5, 5.41) is 4.43. The normalized spacial score (nSPS) is 20.3. The van der Waals surface area contributed by atoms with Crippen molar-refractivity contribution in [2.24, 2.45) is 10.4 Å². The SMILES string of the molecule is Clc1cccc(CN=C2Nc3cccc(Br)c3CC23CCSCC3)c1. The molecule has 1 saturated heterocycles. The zero-order valence-electron chi connectivity index (χ0n) is 13.9. The third kappa shape index (κ3) is 3.62.